The van der Waals surface area contributed by atoms with E-state index in [2.05, 4.69) is 18.0 Å². The van der Waals surface area contributed by atoms with Gasteiger partial charge >= 0.3 is 19.8 Å². The number of hydrogen-bond donors (Lipinski definition) is 2. The lowest BCUT2D eigenvalue weighted by Crippen LogP contribution is -2.29. The molecule has 0 radical (unpaired) electrons. The van der Waals surface area contributed by atoms with Crippen molar-refractivity contribution in [3.63, 3.8) is 0 Å². The molecule has 0 aromatic rings. The third-order valence-electron chi connectivity index (χ3n) is 8.68. The standard InChI is InChI=1S/C38H73O8P/c1-3-5-7-9-11-13-15-17-19-21-22-24-26-28-30-32-37(39)44-34-36(35-45-47(41,42)43)46-38(40)33-31-29-27-25-23-20-18-16-14-12-10-8-6-4-2/h3,36H,1,4-35H2,2H3,(H2,41,42,43)/t36-/m1/s1. The quantitative estimate of drug-likeness (QED) is 0.0286. The van der Waals surface area contributed by atoms with Crippen molar-refractivity contribution in [3.05, 3.63) is 12.7 Å². The molecular formula is C38H73O8P. The molecular weight excluding hydrogens is 615 g/mol. The lowest BCUT2D eigenvalue weighted by molar-refractivity contribution is -0.161. The van der Waals surface area contributed by atoms with Crippen molar-refractivity contribution >= 4 is 19.8 Å². The van der Waals surface area contributed by atoms with Crippen LogP contribution < -0.4 is 0 Å². The topological polar surface area (TPSA) is 119 Å². The predicted octanol–water partition coefficient (Wildman–Crippen LogP) is 11.5. The van der Waals surface area contributed by atoms with Crippen LogP contribution in [0.1, 0.15) is 200 Å². The van der Waals surface area contributed by atoms with Crippen molar-refractivity contribution in [1.29, 1.82) is 0 Å². The monoisotopic (exact) mass is 689 g/mol. The fourth-order valence-electron chi connectivity index (χ4n) is 5.77. The molecule has 9 heteroatoms. The molecule has 0 aliphatic heterocycles. The summed E-state index contributed by atoms with van der Waals surface area (Å²) in [6.45, 7) is 5.20. The number of carbonyl (C=O) groups excluding carboxylic acids is 2. The largest absolute Gasteiger partial charge is 0.469 e. The van der Waals surface area contributed by atoms with E-state index in [0.29, 0.717) is 6.42 Å². The van der Waals surface area contributed by atoms with Crippen LogP contribution in [0.15, 0.2) is 12.7 Å². The summed E-state index contributed by atoms with van der Waals surface area (Å²) in [5.41, 5.74) is 0. The minimum Gasteiger partial charge on any atom is -0.462 e. The van der Waals surface area contributed by atoms with Gasteiger partial charge in [0.2, 0.25) is 0 Å². The Balaban J connectivity index is 3.90. The van der Waals surface area contributed by atoms with Crippen molar-refractivity contribution in [3.8, 4) is 0 Å². The van der Waals surface area contributed by atoms with Crippen molar-refractivity contribution in [2.75, 3.05) is 13.2 Å². The van der Waals surface area contributed by atoms with Gasteiger partial charge in [-0.05, 0) is 25.7 Å². The minimum atomic E-state index is -4.74. The highest BCUT2D eigenvalue weighted by Crippen LogP contribution is 2.36. The number of esters is 2. The number of unbranched alkanes of at least 4 members (excludes halogenated alkanes) is 26. The Morgan fingerprint density at radius 3 is 1.32 bits per heavy atom. The highest BCUT2D eigenvalue weighted by molar-refractivity contribution is 7.46. The zero-order chi connectivity index (χ0) is 34.7. The lowest BCUT2D eigenvalue weighted by atomic mass is 10.0. The average Bonchev–Trinajstić information content (AvgIpc) is 3.03. The predicted molar refractivity (Wildman–Crippen MR) is 193 cm³/mol. The van der Waals surface area contributed by atoms with Crippen molar-refractivity contribution in [2.24, 2.45) is 0 Å². The Kier molecular flexibility index (Phi) is 33.8. The maximum atomic E-state index is 12.4. The fourth-order valence-corrected chi connectivity index (χ4v) is 6.13. The Hall–Kier alpha value is -1.21. The maximum absolute atomic E-state index is 12.4. The van der Waals surface area contributed by atoms with Gasteiger partial charge in [-0.2, -0.15) is 0 Å². The number of carbonyl (C=O) groups is 2. The molecule has 1 atom stereocenters. The first kappa shape index (κ1) is 45.8. The van der Waals surface area contributed by atoms with Gasteiger partial charge in [0, 0.05) is 12.8 Å². The molecule has 0 unspecified atom stereocenters. The number of allylic oxidation sites excluding steroid dienone is 1. The first-order chi connectivity index (χ1) is 22.8. The van der Waals surface area contributed by atoms with Crippen LogP contribution in [0.3, 0.4) is 0 Å². The molecule has 0 saturated heterocycles. The zero-order valence-corrected chi connectivity index (χ0v) is 31.2. The summed E-state index contributed by atoms with van der Waals surface area (Å²) in [6, 6.07) is 0. The van der Waals surface area contributed by atoms with Gasteiger partial charge in [-0.25, -0.2) is 4.57 Å². The second-order valence-electron chi connectivity index (χ2n) is 13.4. The molecule has 0 spiro atoms. The summed E-state index contributed by atoms with van der Waals surface area (Å²) in [5.74, 6) is -0.878. The second kappa shape index (κ2) is 34.6. The number of ether oxygens (including phenoxy) is 2. The SMILES string of the molecule is C=CCCCCCCCCCCCCCCCC(=O)OC[C@H](COP(=O)(O)O)OC(=O)CCCCCCCCCCCCCCCC. The van der Waals surface area contributed by atoms with Crippen LogP contribution in [0, 0.1) is 0 Å². The van der Waals surface area contributed by atoms with E-state index in [9.17, 15) is 14.2 Å². The molecule has 8 nitrogen and oxygen atoms in total. The Labute approximate surface area is 288 Å². The summed E-state index contributed by atoms with van der Waals surface area (Å²) < 4.78 is 26.3. The molecule has 0 heterocycles. The molecule has 0 fully saturated rings. The lowest BCUT2D eigenvalue weighted by Gasteiger charge is -2.18. The van der Waals surface area contributed by atoms with Crippen LogP contribution >= 0.6 is 7.82 Å². The van der Waals surface area contributed by atoms with E-state index in [1.807, 2.05) is 6.08 Å². The van der Waals surface area contributed by atoms with Crippen molar-refractivity contribution in [2.45, 2.75) is 206 Å². The second-order valence-corrected chi connectivity index (χ2v) is 14.6. The van der Waals surface area contributed by atoms with E-state index in [1.165, 1.54) is 128 Å². The summed E-state index contributed by atoms with van der Waals surface area (Å²) in [5, 5.41) is 0. The molecule has 0 aromatic carbocycles. The van der Waals surface area contributed by atoms with Gasteiger partial charge in [0.05, 0.1) is 6.61 Å². The number of phosphoric ester groups is 1. The van der Waals surface area contributed by atoms with Crippen molar-refractivity contribution in [1.82, 2.24) is 0 Å². The molecule has 0 aliphatic carbocycles. The molecule has 0 saturated carbocycles. The Morgan fingerprint density at radius 1 is 0.574 bits per heavy atom. The molecule has 0 rings (SSSR count). The molecule has 0 bridgehead atoms. The van der Waals surface area contributed by atoms with Crippen LogP contribution in [-0.2, 0) is 28.2 Å². The van der Waals surface area contributed by atoms with E-state index in [4.69, 9.17) is 19.3 Å². The number of rotatable bonds is 37. The van der Waals surface area contributed by atoms with Gasteiger partial charge in [0.15, 0.2) is 6.10 Å². The highest BCUT2D eigenvalue weighted by atomic mass is 31.2. The van der Waals surface area contributed by atoms with Gasteiger partial charge in [0.25, 0.3) is 0 Å². The first-order valence-corrected chi connectivity index (χ1v) is 21.0. The summed E-state index contributed by atoms with van der Waals surface area (Å²) in [6.07, 6.45) is 35.4. The minimum absolute atomic E-state index is 0.217. The Morgan fingerprint density at radius 2 is 0.936 bits per heavy atom. The summed E-state index contributed by atoms with van der Waals surface area (Å²) in [4.78, 5) is 42.7. The molecule has 47 heavy (non-hydrogen) atoms. The van der Waals surface area contributed by atoms with Gasteiger partial charge in [-0.3, -0.25) is 14.1 Å². The van der Waals surface area contributed by atoms with E-state index in [1.54, 1.807) is 0 Å². The van der Waals surface area contributed by atoms with Crippen LogP contribution in [0.4, 0.5) is 0 Å². The number of hydrogen-bond acceptors (Lipinski definition) is 6. The molecule has 2 N–H and O–H groups in total. The van der Waals surface area contributed by atoms with Gasteiger partial charge in [0.1, 0.15) is 6.61 Å². The normalized spacial score (nSPS) is 12.2. The van der Waals surface area contributed by atoms with Gasteiger partial charge in [-0.15, -0.1) is 6.58 Å². The molecule has 0 amide bonds. The summed E-state index contributed by atoms with van der Waals surface area (Å²) >= 11 is 0. The third kappa shape index (κ3) is 37.5. The summed E-state index contributed by atoms with van der Waals surface area (Å²) in [7, 11) is -4.74. The van der Waals surface area contributed by atoms with Crippen LogP contribution in [-0.4, -0.2) is 41.0 Å². The van der Waals surface area contributed by atoms with Crippen LogP contribution in [0.5, 0.6) is 0 Å². The molecule has 0 aromatic heterocycles. The van der Waals surface area contributed by atoms with E-state index < -0.39 is 32.5 Å². The highest BCUT2D eigenvalue weighted by Gasteiger charge is 2.22. The molecule has 0 aliphatic rings. The average molecular weight is 689 g/mol. The first-order valence-electron chi connectivity index (χ1n) is 19.4. The van der Waals surface area contributed by atoms with E-state index >= 15 is 0 Å². The zero-order valence-electron chi connectivity index (χ0n) is 30.3. The van der Waals surface area contributed by atoms with Crippen molar-refractivity contribution < 1.29 is 37.9 Å². The smallest absolute Gasteiger partial charge is 0.462 e. The molecule has 278 valence electrons. The Bertz CT molecular complexity index is 769. The van der Waals surface area contributed by atoms with E-state index in [0.717, 1.165) is 44.9 Å². The van der Waals surface area contributed by atoms with Gasteiger partial charge in [-0.1, -0.05) is 167 Å². The van der Waals surface area contributed by atoms with Crippen LogP contribution in [0.2, 0.25) is 0 Å². The maximum Gasteiger partial charge on any atom is 0.469 e. The van der Waals surface area contributed by atoms with E-state index in [-0.39, 0.29) is 19.4 Å². The van der Waals surface area contributed by atoms with Gasteiger partial charge < -0.3 is 19.3 Å². The third-order valence-corrected chi connectivity index (χ3v) is 9.17. The fraction of sp³-hybridized carbons (Fsp3) is 0.895. The van der Waals surface area contributed by atoms with Crippen LogP contribution in [0.25, 0.3) is 0 Å². The number of phosphoric acid groups is 1.